The third-order valence-electron chi connectivity index (χ3n) is 4.17. The minimum atomic E-state index is -0.368. The van der Waals surface area contributed by atoms with Gasteiger partial charge >= 0.3 is 5.97 Å². The summed E-state index contributed by atoms with van der Waals surface area (Å²) in [5, 5.41) is 0. The van der Waals surface area contributed by atoms with Crippen LogP contribution in [0.15, 0.2) is 25.3 Å². The Morgan fingerprint density at radius 2 is 1.75 bits per heavy atom. The van der Waals surface area contributed by atoms with Gasteiger partial charge in [-0.15, -0.1) is 13.2 Å². The van der Waals surface area contributed by atoms with Crippen LogP contribution in [-0.2, 0) is 9.53 Å². The lowest BCUT2D eigenvalue weighted by atomic mass is 9.75. The Balaban J connectivity index is 2.38. The second kappa shape index (κ2) is 3.47. The number of rotatable bonds is 2. The zero-order valence-electron chi connectivity index (χ0n) is 10.2. The fourth-order valence-corrected chi connectivity index (χ4v) is 3.28. The molecule has 2 atom stereocenters. The summed E-state index contributed by atoms with van der Waals surface area (Å²) < 4.78 is 5.75. The Labute approximate surface area is 97.4 Å². The van der Waals surface area contributed by atoms with Gasteiger partial charge in [0.25, 0.3) is 0 Å². The molecule has 88 valence electrons. The topological polar surface area (TPSA) is 26.3 Å². The molecule has 2 fully saturated rings. The molecule has 0 aromatic carbocycles. The highest BCUT2D eigenvalue weighted by molar-refractivity contribution is 5.79. The highest BCUT2D eigenvalue weighted by Crippen LogP contribution is 2.55. The van der Waals surface area contributed by atoms with Crippen molar-refractivity contribution in [2.45, 2.75) is 38.7 Å². The molecule has 16 heavy (non-hydrogen) atoms. The molecule has 2 rings (SSSR count). The van der Waals surface area contributed by atoms with E-state index >= 15 is 0 Å². The molecule has 2 aliphatic rings. The quantitative estimate of drug-likeness (QED) is 0.528. The molecule has 2 heteroatoms. The third-order valence-corrected chi connectivity index (χ3v) is 4.17. The first-order valence-electron chi connectivity index (χ1n) is 5.95. The highest BCUT2D eigenvalue weighted by Gasteiger charge is 2.60. The largest absolute Gasteiger partial charge is 0.457 e. The van der Waals surface area contributed by atoms with Gasteiger partial charge in [0, 0.05) is 18.3 Å². The standard InChI is InChI=1S/C14H20O2/c1-5-10-7-8-11(6-2)14(10)9-13(3,4)12(15)16-14/h5-6,10-11H,1-2,7-9H2,3-4H3/t10-,11-/m1/s1. The van der Waals surface area contributed by atoms with Gasteiger partial charge in [-0.2, -0.15) is 0 Å². The minimum absolute atomic E-state index is 0.0758. The van der Waals surface area contributed by atoms with Crippen LogP contribution in [0, 0.1) is 17.3 Å². The number of hydrogen-bond acceptors (Lipinski definition) is 2. The smallest absolute Gasteiger partial charge is 0.312 e. The molecule has 0 N–H and O–H groups in total. The maximum absolute atomic E-state index is 11.9. The van der Waals surface area contributed by atoms with Gasteiger partial charge in [-0.1, -0.05) is 12.2 Å². The van der Waals surface area contributed by atoms with Crippen LogP contribution in [0.1, 0.15) is 33.1 Å². The maximum atomic E-state index is 11.9. The fraction of sp³-hybridized carbons (Fsp3) is 0.643. The van der Waals surface area contributed by atoms with Gasteiger partial charge in [0.15, 0.2) is 0 Å². The van der Waals surface area contributed by atoms with Crippen LogP contribution >= 0.6 is 0 Å². The number of carbonyl (C=O) groups is 1. The van der Waals surface area contributed by atoms with Crippen LogP contribution in [-0.4, -0.2) is 11.6 Å². The van der Waals surface area contributed by atoms with Gasteiger partial charge in [0.1, 0.15) is 5.60 Å². The molecular weight excluding hydrogens is 200 g/mol. The van der Waals surface area contributed by atoms with Crippen molar-refractivity contribution < 1.29 is 9.53 Å². The van der Waals surface area contributed by atoms with Crippen molar-refractivity contribution in [2.75, 3.05) is 0 Å². The highest BCUT2D eigenvalue weighted by atomic mass is 16.6. The second-order valence-electron chi connectivity index (χ2n) is 5.67. The van der Waals surface area contributed by atoms with E-state index in [9.17, 15) is 4.79 Å². The van der Waals surface area contributed by atoms with Crippen LogP contribution in [0.25, 0.3) is 0 Å². The molecule has 2 nitrogen and oxygen atoms in total. The van der Waals surface area contributed by atoms with Crippen molar-refractivity contribution in [3.63, 3.8) is 0 Å². The van der Waals surface area contributed by atoms with E-state index in [1.165, 1.54) is 0 Å². The van der Waals surface area contributed by atoms with Crippen molar-refractivity contribution in [2.24, 2.45) is 17.3 Å². The Morgan fingerprint density at radius 3 is 2.06 bits per heavy atom. The molecule has 1 heterocycles. The molecule has 0 amide bonds. The minimum Gasteiger partial charge on any atom is -0.457 e. The van der Waals surface area contributed by atoms with E-state index in [1.54, 1.807) is 0 Å². The summed E-state index contributed by atoms with van der Waals surface area (Å²) in [5.74, 6) is 0.482. The summed E-state index contributed by atoms with van der Waals surface area (Å²) in [4.78, 5) is 11.9. The number of hydrogen-bond donors (Lipinski definition) is 0. The first-order valence-corrected chi connectivity index (χ1v) is 5.95. The van der Waals surface area contributed by atoms with Crippen LogP contribution < -0.4 is 0 Å². The molecular formula is C14H20O2. The molecule has 0 bridgehead atoms. The van der Waals surface area contributed by atoms with Gasteiger partial charge in [-0.25, -0.2) is 0 Å². The van der Waals surface area contributed by atoms with E-state index < -0.39 is 0 Å². The Kier molecular flexibility index (Phi) is 2.48. The van der Waals surface area contributed by atoms with Crippen LogP contribution in [0.3, 0.4) is 0 Å². The molecule has 0 unspecified atom stereocenters. The first-order chi connectivity index (χ1) is 7.46. The number of carbonyl (C=O) groups excluding carboxylic acids is 1. The zero-order valence-corrected chi connectivity index (χ0v) is 10.2. The predicted molar refractivity (Wildman–Crippen MR) is 63.8 cm³/mol. The van der Waals surface area contributed by atoms with Crippen molar-refractivity contribution in [1.29, 1.82) is 0 Å². The summed E-state index contributed by atoms with van der Waals surface area (Å²) in [5.41, 5.74) is -0.725. The molecule has 0 radical (unpaired) electrons. The predicted octanol–water partition coefficient (Wildman–Crippen LogP) is 3.10. The average Bonchev–Trinajstić information content (AvgIpc) is 2.65. The lowest BCUT2D eigenvalue weighted by molar-refractivity contribution is -0.156. The second-order valence-corrected chi connectivity index (χ2v) is 5.67. The van der Waals surface area contributed by atoms with Crippen molar-refractivity contribution in [3.05, 3.63) is 25.3 Å². The SMILES string of the molecule is C=C[C@@H]1CC[C@@H](C=C)C12CC(C)(C)C(=O)O2. The third kappa shape index (κ3) is 1.35. The summed E-state index contributed by atoms with van der Waals surface area (Å²) >= 11 is 0. The van der Waals surface area contributed by atoms with Gasteiger partial charge in [-0.05, 0) is 26.7 Å². The average molecular weight is 220 g/mol. The molecule has 1 aliphatic heterocycles. The van der Waals surface area contributed by atoms with Gasteiger partial charge < -0.3 is 4.74 Å². The van der Waals surface area contributed by atoms with Gasteiger partial charge in [-0.3, -0.25) is 4.79 Å². The maximum Gasteiger partial charge on any atom is 0.312 e. The van der Waals surface area contributed by atoms with E-state index in [2.05, 4.69) is 13.2 Å². The van der Waals surface area contributed by atoms with Gasteiger partial charge in [0.05, 0.1) is 5.41 Å². The van der Waals surface area contributed by atoms with Crippen molar-refractivity contribution in [3.8, 4) is 0 Å². The van der Waals surface area contributed by atoms with E-state index in [-0.39, 0.29) is 28.8 Å². The molecule has 0 aromatic rings. The summed E-state index contributed by atoms with van der Waals surface area (Å²) in [6.45, 7) is 11.7. The monoisotopic (exact) mass is 220 g/mol. The molecule has 1 aliphatic carbocycles. The van der Waals surface area contributed by atoms with Crippen LogP contribution in [0.4, 0.5) is 0 Å². The molecule has 1 spiro atoms. The Bertz CT molecular complexity index is 325. The Hall–Kier alpha value is -1.05. The normalized spacial score (nSPS) is 35.0. The van der Waals surface area contributed by atoms with Gasteiger partial charge in [0.2, 0.25) is 0 Å². The van der Waals surface area contributed by atoms with E-state index in [4.69, 9.17) is 4.74 Å². The van der Waals surface area contributed by atoms with E-state index in [1.807, 2.05) is 26.0 Å². The lowest BCUT2D eigenvalue weighted by Crippen LogP contribution is -2.38. The first kappa shape index (κ1) is 11.4. The summed E-state index contributed by atoms with van der Waals surface area (Å²) in [7, 11) is 0. The van der Waals surface area contributed by atoms with Crippen molar-refractivity contribution >= 4 is 5.97 Å². The molecule has 0 aromatic heterocycles. The summed E-state index contributed by atoms with van der Waals surface area (Å²) in [6, 6.07) is 0. The number of esters is 1. The lowest BCUT2D eigenvalue weighted by Gasteiger charge is -2.32. The van der Waals surface area contributed by atoms with Crippen LogP contribution in [0.2, 0.25) is 0 Å². The van der Waals surface area contributed by atoms with Crippen molar-refractivity contribution in [1.82, 2.24) is 0 Å². The van der Waals surface area contributed by atoms with Crippen LogP contribution in [0.5, 0.6) is 0 Å². The van der Waals surface area contributed by atoms with E-state index in [0.717, 1.165) is 19.3 Å². The summed E-state index contributed by atoms with van der Waals surface area (Å²) in [6.07, 6.45) is 6.76. The van der Waals surface area contributed by atoms with E-state index in [0.29, 0.717) is 0 Å². The number of ether oxygens (including phenoxy) is 1. The fourth-order valence-electron chi connectivity index (χ4n) is 3.28. The Morgan fingerprint density at radius 1 is 1.25 bits per heavy atom. The molecule has 1 saturated carbocycles. The zero-order chi connectivity index (χ0) is 12.0. The molecule has 1 saturated heterocycles.